The maximum atomic E-state index is 12.4. The van der Waals surface area contributed by atoms with E-state index in [2.05, 4.69) is 11.9 Å². The van der Waals surface area contributed by atoms with Gasteiger partial charge in [0.25, 0.3) is 0 Å². The van der Waals surface area contributed by atoms with Gasteiger partial charge in [-0.25, -0.2) is 8.42 Å². The van der Waals surface area contributed by atoms with Crippen molar-refractivity contribution in [1.29, 1.82) is 0 Å². The van der Waals surface area contributed by atoms with Crippen molar-refractivity contribution >= 4 is 10.0 Å². The Morgan fingerprint density at radius 3 is 2.58 bits per heavy atom. The lowest BCUT2D eigenvalue weighted by Gasteiger charge is -2.18. The van der Waals surface area contributed by atoms with Gasteiger partial charge in [-0.05, 0) is 44.2 Å². The van der Waals surface area contributed by atoms with Gasteiger partial charge in [0.15, 0.2) is 0 Å². The van der Waals surface area contributed by atoms with Crippen molar-refractivity contribution in [3.63, 3.8) is 0 Å². The Kier molecular flexibility index (Phi) is 5.29. The maximum absolute atomic E-state index is 12.4. The number of rotatable bonds is 6. The number of sulfonamides is 1. The molecule has 0 bridgehead atoms. The minimum Gasteiger partial charge on any atom is -0.316 e. The fourth-order valence-electron chi connectivity index (χ4n) is 1.83. The molecule has 0 radical (unpaired) electrons. The molecular formula is C14H22N2O2S. The summed E-state index contributed by atoms with van der Waals surface area (Å²) in [5.41, 5.74) is 2.89. The third-order valence-corrected chi connectivity index (χ3v) is 4.69. The first kappa shape index (κ1) is 15.9. The zero-order valence-corrected chi connectivity index (χ0v) is 12.8. The van der Waals surface area contributed by atoms with E-state index in [0.29, 0.717) is 18.0 Å². The second-order valence-electron chi connectivity index (χ2n) is 4.84. The molecule has 19 heavy (non-hydrogen) atoms. The summed E-state index contributed by atoms with van der Waals surface area (Å²) in [5.74, 6) is 0. The van der Waals surface area contributed by atoms with Crippen LogP contribution >= 0.6 is 0 Å². The molecule has 106 valence electrons. The highest BCUT2D eigenvalue weighted by Crippen LogP contribution is 2.19. The Bertz CT molecular complexity index is 565. The lowest BCUT2D eigenvalue weighted by molar-refractivity contribution is 0.493. The first-order valence-corrected chi connectivity index (χ1v) is 7.58. The highest BCUT2D eigenvalue weighted by Gasteiger charge is 2.21. The van der Waals surface area contributed by atoms with E-state index in [0.717, 1.165) is 16.7 Å². The van der Waals surface area contributed by atoms with Crippen molar-refractivity contribution in [3.05, 3.63) is 41.5 Å². The molecule has 0 saturated carbocycles. The summed E-state index contributed by atoms with van der Waals surface area (Å²) in [5, 5.41) is 3.04. The average molecular weight is 282 g/mol. The van der Waals surface area contributed by atoms with Crippen molar-refractivity contribution < 1.29 is 8.42 Å². The molecule has 0 atom stereocenters. The SMILES string of the molecule is C=C(C)CN(C)S(=O)(=O)c1ccc(C)c(CNC)c1. The predicted molar refractivity (Wildman–Crippen MR) is 78.6 cm³/mol. The van der Waals surface area contributed by atoms with E-state index >= 15 is 0 Å². The molecule has 0 saturated heterocycles. The Morgan fingerprint density at radius 1 is 1.42 bits per heavy atom. The number of hydrogen-bond acceptors (Lipinski definition) is 3. The Balaban J connectivity index is 3.14. The van der Waals surface area contributed by atoms with Crippen LogP contribution in [0.1, 0.15) is 18.1 Å². The van der Waals surface area contributed by atoms with Crippen molar-refractivity contribution in [2.75, 3.05) is 20.6 Å². The Hall–Kier alpha value is -1.17. The van der Waals surface area contributed by atoms with Gasteiger partial charge in [-0.15, -0.1) is 0 Å². The zero-order chi connectivity index (χ0) is 14.6. The van der Waals surface area contributed by atoms with Gasteiger partial charge >= 0.3 is 0 Å². The first-order chi connectivity index (χ1) is 8.78. The van der Waals surface area contributed by atoms with Crippen molar-refractivity contribution in [3.8, 4) is 0 Å². The highest BCUT2D eigenvalue weighted by atomic mass is 32.2. The van der Waals surface area contributed by atoms with Crippen LogP contribution in [0.3, 0.4) is 0 Å². The summed E-state index contributed by atoms with van der Waals surface area (Å²) in [6.07, 6.45) is 0. The summed E-state index contributed by atoms with van der Waals surface area (Å²) < 4.78 is 26.1. The molecule has 5 heteroatoms. The van der Waals surface area contributed by atoms with Crippen LogP contribution in [-0.2, 0) is 16.6 Å². The van der Waals surface area contributed by atoms with Gasteiger partial charge < -0.3 is 5.32 Å². The van der Waals surface area contributed by atoms with Crippen LogP contribution in [0.4, 0.5) is 0 Å². The molecule has 0 unspecified atom stereocenters. The number of nitrogens with zero attached hydrogens (tertiary/aromatic N) is 1. The molecule has 0 spiro atoms. The predicted octanol–water partition coefficient (Wildman–Crippen LogP) is 1.91. The summed E-state index contributed by atoms with van der Waals surface area (Å²) in [6.45, 7) is 8.52. The number of likely N-dealkylation sites (N-methyl/N-ethyl adjacent to an activating group) is 1. The second-order valence-corrected chi connectivity index (χ2v) is 6.88. The van der Waals surface area contributed by atoms with Crippen molar-refractivity contribution in [2.24, 2.45) is 0 Å². The monoisotopic (exact) mass is 282 g/mol. The van der Waals surface area contributed by atoms with E-state index in [4.69, 9.17) is 0 Å². The number of benzene rings is 1. The minimum atomic E-state index is -3.45. The molecule has 0 aliphatic rings. The smallest absolute Gasteiger partial charge is 0.243 e. The zero-order valence-electron chi connectivity index (χ0n) is 12.0. The molecule has 4 nitrogen and oxygen atoms in total. The van der Waals surface area contributed by atoms with E-state index in [1.807, 2.05) is 27.0 Å². The molecule has 0 aromatic heterocycles. The summed E-state index contributed by atoms with van der Waals surface area (Å²) in [7, 11) is -0.0348. The molecule has 0 fully saturated rings. The van der Waals surface area contributed by atoms with Crippen molar-refractivity contribution in [1.82, 2.24) is 9.62 Å². The third-order valence-electron chi connectivity index (χ3n) is 2.89. The average Bonchev–Trinajstić information content (AvgIpc) is 2.31. The van der Waals surface area contributed by atoms with Crippen LogP contribution < -0.4 is 5.32 Å². The van der Waals surface area contributed by atoms with E-state index < -0.39 is 10.0 Å². The van der Waals surface area contributed by atoms with E-state index in [9.17, 15) is 8.42 Å². The normalized spacial score (nSPS) is 11.8. The molecule has 0 amide bonds. The van der Waals surface area contributed by atoms with Gasteiger partial charge in [0, 0.05) is 20.1 Å². The van der Waals surface area contributed by atoms with Crippen LogP contribution in [-0.4, -0.2) is 33.4 Å². The topological polar surface area (TPSA) is 49.4 Å². The van der Waals surface area contributed by atoms with Crippen LogP contribution in [0.5, 0.6) is 0 Å². The van der Waals surface area contributed by atoms with Gasteiger partial charge in [0.05, 0.1) is 4.90 Å². The molecular weight excluding hydrogens is 260 g/mol. The number of nitrogens with one attached hydrogen (secondary N) is 1. The summed E-state index contributed by atoms with van der Waals surface area (Å²) in [4.78, 5) is 0.326. The van der Waals surface area contributed by atoms with E-state index in [-0.39, 0.29) is 0 Å². The van der Waals surface area contributed by atoms with Gasteiger partial charge in [-0.2, -0.15) is 4.31 Å². The third kappa shape index (κ3) is 3.89. The van der Waals surface area contributed by atoms with Crippen LogP contribution in [0.2, 0.25) is 0 Å². The van der Waals surface area contributed by atoms with E-state index in [1.54, 1.807) is 19.2 Å². The van der Waals surface area contributed by atoms with Gasteiger partial charge in [0.1, 0.15) is 0 Å². The van der Waals surface area contributed by atoms with Gasteiger partial charge in [-0.1, -0.05) is 18.2 Å². The molecule has 1 N–H and O–H groups in total. The van der Waals surface area contributed by atoms with Gasteiger partial charge in [0.2, 0.25) is 10.0 Å². The Morgan fingerprint density at radius 2 is 2.05 bits per heavy atom. The maximum Gasteiger partial charge on any atom is 0.243 e. The minimum absolute atomic E-state index is 0.326. The molecule has 1 aromatic carbocycles. The quantitative estimate of drug-likeness (QED) is 0.811. The first-order valence-electron chi connectivity index (χ1n) is 6.14. The standard InChI is InChI=1S/C14H22N2O2S/c1-11(2)10-16(5)19(17,18)14-7-6-12(3)13(8-14)9-15-4/h6-8,15H,1,9-10H2,2-5H3. The summed E-state index contributed by atoms with van der Waals surface area (Å²) in [6, 6.07) is 5.23. The lowest BCUT2D eigenvalue weighted by atomic mass is 10.1. The van der Waals surface area contributed by atoms with Crippen LogP contribution in [0, 0.1) is 6.92 Å². The number of aryl methyl sites for hydroxylation is 1. The Labute approximate surface area is 116 Å². The molecule has 1 rings (SSSR count). The van der Waals surface area contributed by atoms with Crippen LogP contribution in [0.15, 0.2) is 35.2 Å². The molecule has 1 aromatic rings. The molecule has 0 heterocycles. The summed E-state index contributed by atoms with van der Waals surface area (Å²) >= 11 is 0. The van der Waals surface area contributed by atoms with Crippen LogP contribution in [0.25, 0.3) is 0 Å². The van der Waals surface area contributed by atoms with E-state index in [1.165, 1.54) is 4.31 Å². The molecule has 0 aliphatic heterocycles. The largest absolute Gasteiger partial charge is 0.316 e. The lowest BCUT2D eigenvalue weighted by Crippen LogP contribution is -2.28. The van der Waals surface area contributed by atoms with Crippen molar-refractivity contribution in [2.45, 2.75) is 25.3 Å². The highest BCUT2D eigenvalue weighted by molar-refractivity contribution is 7.89. The second kappa shape index (κ2) is 6.32. The molecule has 0 aliphatic carbocycles. The fourth-order valence-corrected chi connectivity index (χ4v) is 3.12. The number of hydrogen-bond donors (Lipinski definition) is 1. The fraction of sp³-hybridized carbons (Fsp3) is 0.429. The van der Waals surface area contributed by atoms with Gasteiger partial charge in [-0.3, -0.25) is 0 Å².